The summed E-state index contributed by atoms with van der Waals surface area (Å²) in [7, 11) is 0. The van der Waals surface area contributed by atoms with Crippen molar-refractivity contribution >= 4 is 16.3 Å². The fraction of sp³-hybridized carbons (Fsp3) is 0.231. The second-order valence-corrected chi connectivity index (χ2v) is 5.55. The van der Waals surface area contributed by atoms with Crippen molar-refractivity contribution < 1.29 is 4.42 Å². The first kappa shape index (κ1) is 12.3. The Morgan fingerprint density at radius 1 is 1.29 bits per heavy atom. The van der Waals surface area contributed by atoms with Gasteiger partial charge >= 0.3 is 0 Å². The van der Waals surface area contributed by atoms with Crippen LogP contribution in [0.1, 0.15) is 12.6 Å². The number of aryl methyl sites for hydroxylation is 2. The zero-order chi connectivity index (χ0) is 14.4. The van der Waals surface area contributed by atoms with E-state index < -0.39 is 0 Å². The molecule has 0 amide bonds. The molecular weight excluding hydrogens is 288 g/mol. The highest BCUT2D eigenvalue weighted by atomic mass is 32.1. The third kappa shape index (κ3) is 1.87. The molecule has 0 aliphatic rings. The molecule has 0 saturated carbocycles. The van der Waals surface area contributed by atoms with Crippen molar-refractivity contribution in [2.75, 3.05) is 0 Å². The van der Waals surface area contributed by atoms with Crippen LogP contribution in [0.2, 0.25) is 0 Å². The molecule has 21 heavy (non-hydrogen) atoms. The lowest BCUT2D eigenvalue weighted by Gasteiger charge is -1.99. The standard InChI is InChI=1S/C13H12N6OS/c1-3-18-9(7-8(2)16-18)12-17-19-11(10-5-4-6-20-10)14-15-13(19)21-12/h4-7H,3H2,1-2H3. The van der Waals surface area contributed by atoms with Crippen LogP contribution in [-0.2, 0) is 6.54 Å². The first-order chi connectivity index (χ1) is 10.3. The van der Waals surface area contributed by atoms with Gasteiger partial charge in [-0.25, -0.2) is 0 Å². The van der Waals surface area contributed by atoms with Crippen LogP contribution in [0.25, 0.3) is 27.2 Å². The summed E-state index contributed by atoms with van der Waals surface area (Å²) < 4.78 is 9.02. The van der Waals surface area contributed by atoms with Crippen molar-refractivity contribution in [1.29, 1.82) is 0 Å². The van der Waals surface area contributed by atoms with E-state index >= 15 is 0 Å². The molecule has 0 unspecified atom stereocenters. The number of aromatic nitrogens is 6. The average Bonchev–Trinajstić information content (AvgIpc) is 3.20. The van der Waals surface area contributed by atoms with E-state index in [2.05, 4.69) is 27.3 Å². The van der Waals surface area contributed by atoms with Crippen LogP contribution in [0, 0.1) is 6.92 Å². The monoisotopic (exact) mass is 300 g/mol. The highest BCUT2D eigenvalue weighted by Crippen LogP contribution is 2.28. The molecule has 0 radical (unpaired) electrons. The van der Waals surface area contributed by atoms with Crippen molar-refractivity contribution in [3.63, 3.8) is 0 Å². The number of hydrogen-bond acceptors (Lipinski definition) is 6. The summed E-state index contributed by atoms with van der Waals surface area (Å²) in [6.07, 6.45) is 1.61. The van der Waals surface area contributed by atoms with Gasteiger partial charge in [-0.2, -0.15) is 14.7 Å². The molecule has 4 aromatic rings. The number of fused-ring (bicyclic) bond motifs is 1. The Bertz CT molecular complexity index is 901. The fourth-order valence-electron chi connectivity index (χ4n) is 2.24. The minimum absolute atomic E-state index is 0.608. The van der Waals surface area contributed by atoms with Gasteiger partial charge < -0.3 is 4.42 Å². The maximum Gasteiger partial charge on any atom is 0.235 e. The SMILES string of the molecule is CCn1nc(C)cc1-c1nn2c(-c3ccco3)nnc2s1. The summed E-state index contributed by atoms with van der Waals surface area (Å²) in [5.74, 6) is 1.26. The zero-order valence-electron chi connectivity index (χ0n) is 11.5. The van der Waals surface area contributed by atoms with Gasteiger partial charge in [-0.1, -0.05) is 11.3 Å². The first-order valence-electron chi connectivity index (χ1n) is 6.57. The minimum atomic E-state index is 0.608. The van der Waals surface area contributed by atoms with Crippen LogP contribution in [0.4, 0.5) is 0 Å². The van der Waals surface area contributed by atoms with Crippen molar-refractivity contribution in [2.24, 2.45) is 0 Å². The van der Waals surface area contributed by atoms with Gasteiger partial charge in [0.15, 0.2) is 10.8 Å². The quantitative estimate of drug-likeness (QED) is 0.581. The Hall–Kier alpha value is -2.48. The fourth-order valence-corrected chi connectivity index (χ4v) is 3.10. The Labute approximate surface area is 123 Å². The molecule has 4 aromatic heterocycles. The summed E-state index contributed by atoms with van der Waals surface area (Å²) >= 11 is 1.49. The van der Waals surface area contributed by atoms with Crippen molar-refractivity contribution in [2.45, 2.75) is 20.4 Å². The maximum atomic E-state index is 5.37. The van der Waals surface area contributed by atoms with Crippen LogP contribution in [0.15, 0.2) is 28.9 Å². The lowest BCUT2D eigenvalue weighted by atomic mass is 10.4. The third-order valence-electron chi connectivity index (χ3n) is 3.15. The predicted octanol–water partition coefficient (Wildman–Crippen LogP) is 2.64. The second-order valence-electron chi connectivity index (χ2n) is 4.59. The van der Waals surface area contributed by atoms with Gasteiger partial charge in [0, 0.05) is 6.54 Å². The van der Waals surface area contributed by atoms with Crippen LogP contribution >= 0.6 is 11.3 Å². The largest absolute Gasteiger partial charge is 0.461 e. The Balaban J connectivity index is 1.88. The van der Waals surface area contributed by atoms with E-state index in [1.807, 2.05) is 29.8 Å². The van der Waals surface area contributed by atoms with E-state index in [9.17, 15) is 0 Å². The van der Waals surface area contributed by atoms with Crippen LogP contribution in [0.5, 0.6) is 0 Å². The smallest absolute Gasteiger partial charge is 0.235 e. The van der Waals surface area contributed by atoms with Gasteiger partial charge in [0.1, 0.15) is 0 Å². The van der Waals surface area contributed by atoms with Gasteiger partial charge in [0.05, 0.1) is 17.7 Å². The summed E-state index contributed by atoms with van der Waals surface area (Å²) in [6.45, 7) is 4.84. The molecule has 0 aromatic carbocycles. The summed E-state index contributed by atoms with van der Waals surface area (Å²) in [5, 5.41) is 18.2. The van der Waals surface area contributed by atoms with Gasteiger partial charge in [0.25, 0.3) is 0 Å². The summed E-state index contributed by atoms with van der Waals surface area (Å²) in [6, 6.07) is 5.69. The summed E-state index contributed by atoms with van der Waals surface area (Å²) in [4.78, 5) is 0.734. The molecule has 8 heteroatoms. The molecule has 0 bridgehead atoms. The van der Waals surface area contributed by atoms with E-state index in [0.29, 0.717) is 11.6 Å². The number of furan rings is 1. The molecule has 0 fully saturated rings. The van der Waals surface area contributed by atoms with Gasteiger partial charge in [-0.15, -0.1) is 10.2 Å². The minimum Gasteiger partial charge on any atom is -0.461 e. The second kappa shape index (κ2) is 4.52. The highest BCUT2D eigenvalue weighted by molar-refractivity contribution is 7.19. The molecule has 106 valence electrons. The lowest BCUT2D eigenvalue weighted by molar-refractivity contribution is 0.575. The molecular formula is C13H12N6OS. The van der Waals surface area contributed by atoms with Crippen LogP contribution in [0.3, 0.4) is 0 Å². The van der Waals surface area contributed by atoms with E-state index in [0.717, 1.165) is 27.9 Å². The zero-order valence-corrected chi connectivity index (χ0v) is 12.3. The summed E-state index contributed by atoms with van der Waals surface area (Å²) in [5.41, 5.74) is 1.97. The highest BCUT2D eigenvalue weighted by Gasteiger charge is 2.18. The molecule has 0 saturated heterocycles. The third-order valence-corrected chi connectivity index (χ3v) is 4.07. The number of hydrogen-bond donors (Lipinski definition) is 0. The van der Waals surface area contributed by atoms with Crippen molar-refractivity contribution in [3.05, 3.63) is 30.2 Å². The molecule has 0 atom stereocenters. The van der Waals surface area contributed by atoms with Crippen molar-refractivity contribution in [1.82, 2.24) is 29.6 Å². The van der Waals surface area contributed by atoms with Crippen molar-refractivity contribution in [3.8, 4) is 22.3 Å². The maximum absolute atomic E-state index is 5.37. The number of nitrogens with zero attached hydrogens (tertiary/aromatic N) is 6. The van der Waals surface area contributed by atoms with Gasteiger partial charge in [-0.05, 0) is 32.0 Å². The Kier molecular flexibility index (Phi) is 2.64. The molecule has 0 aliphatic heterocycles. The Morgan fingerprint density at radius 2 is 2.19 bits per heavy atom. The van der Waals surface area contributed by atoms with E-state index in [1.165, 1.54) is 11.3 Å². The van der Waals surface area contributed by atoms with E-state index in [4.69, 9.17) is 4.42 Å². The number of rotatable bonds is 3. The van der Waals surface area contributed by atoms with Gasteiger partial charge in [-0.3, -0.25) is 4.68 Å². The molecule has 4 heterocycles. The van der Waals surface area contributed by atoms with Crippen LogP contribution in [-0.4, -0.2) is 29.6 Å². The topological polar surface area (TPSA) is 74.0 Å². The molecule has 4 rings (SSSR count). The lowest BCUT2D eigenvalue weighted by Crippen LogP contribution is -1.99. The average molecular weight is 300 g/mol. The Morgan fingerprint density at radius 3 is 2.95 bits per heavy atom. The van der Waals surface area contributed by atoms with Crippen LogP contribution < -0.4 is 0 Å². The molecule has 0 N–H and O–H groups in total. The first-order valence-corrected chi connectivity index (χ1v) is 7.39. The predicted molar refractivity (Wildman–Crippen MR) is 78.0 cm³/mol. The van der Waals surface area contributed by atoms with Gasteiger partial charge in [0.2, 0.25) is 10.8 Å². The molecule has 0 spiro atoms. The molecule has 7 nitrogen and oxygen atoms in total. The van der Waals surface area contributed by atoms with E-state index in [-0.39, 0.29) is 0 Å². The molecule has 0 aliphatic carbocycles. The van der Waals surface area contributed by atoms with E-state index in [1.54, 1.807) is 10.8 Å². The normalized spacial score (nSPS) is 11.5.